The van der Waals surface area contributed by atoms with E-state index < -0.39 is 17.9 Å². The number of carbonyl (C=O) groups excluding carboxylic acids is 1. The quantitative estimate of drug-likeness (QED) is 0.825. The first-order valence-electron chi connectivity index (χ1n) is 5.50. The van der Waals surface area contributed by atoms with Gasteiger partial charge in [-0.2, -0.15) is 0 Å². The van der Waals surface area contributed by atoms with Crippen LogP contribution in [-0.2, 0) is 9.53 Å². The Morgan fingerprint density at radius 2 is 2.22 bits per heavy atom. The van der Waals surface area contributed by atoms with Crippen molar-refractivity contribution in [3.63, 3.8) is 0 Å². The maximum Gasteiger partial charge on any atom is 0.311 e. The molecule has 1 aliphatic rings. The van der Waals surface area contributed by atoms with E-state index in [4.69, 9.17) is 14.3 Å². The molecular weight excluding hydrogens is 240 g/mol. The standard InChI is InChI=1S/C11H14N2O5/c1-6-9(18-5-12-6)10(14)13(2)8-4-17-3-7(8)11(15)16/h5,7-8H,3-4H2,1-2H3,(H,15,16). The van der Waals surface area contributed by atoms with Crippen LogP contribution in [0.15, 0.2) is 10.8 Å². The van der Waals surface area contributed by atoms with Crippen molar-refractivity contribution in [3.05, 3.63) is 17.8 Å². The first-order valence-corrected chi connectivity index (χ1v) is 5.50. The number of carbonyl (C=O) groups is 2. The van der Waals surface area contributed by atoms with Crippen LogP contribution in [0.4, 0.5) is 0 Å². The van der Waals surface area contributed by atoms with Crippen LogP contribution < -0.4 is 0 Å². The molecule has 1 aromatic rings. The number of aryl methyl sites for hydroxylation is 1. The van der Waals surface area contributed by atoms with Gasteiger partial charge in [0.2, 0.25) is 5.76 Å². The molecule has 0 saturated carbocycles. The zero-order valence-electron chi connectivity index (χ0n) is 10.1. The number of hydrogen-bond donors (Lipinski definition) is 1. The lowest BCUT2D eigenvalue weighted by Crippen LogP contribution is -2.44. The van der Waals surface area contributed by atoms with Gasteiger partial charge in [-0.1, -0.05) is 0 Å². The molecule has 1 fully saturated rings. The number of aromatic nitrogens is 1. The molecule has 0 bridgehead atoms. The number of aliphatic carboxylic acids is 1. The minimum absolute atomic E-state index is 0.118. The Labute approximate surface area is 103 Å². The maximum atomic E-state index is 12.1. The Balaban J connectivity index is 2.16. The average molecular weight is 254 g/mol. The molecule has 2 heterocycles. The monoisotopic (exact) mass is 254 g/mol. The summed E-state index contributed by atoms with van der Waals surface area (Å²) in [5, 5.41) is 9.05. The second kappa shape index (κ2) is 4.77. The number of likely N-dealkylation sites (N-methyl/N-ethyl adjacent to an activating group) is 1. The topological polar surface area (TPSA) is 92.9 Å². The van der Waals surface area contributed by atoms with Crippen molar-refractivity contribution in [2.24, 2.45) is 5.92 Å². The molecule has 7 nitrogen and oxygen atoms in total. The summed E-state index contributed by atoms with van der Waals surface area (Å²) in [5.41, 5.74) is 0.484. The minimum atomic E-state index is -0.966. The highest BCUT2D eigenvalue weighted by molar-refractivity contribution is 5.92. The number of oxazole rings is 1. The van der Waals surface area contributed by atoms with Crippen LogP contribution in [0.2, 0.25) is 0 Å². The zero-order valence-corrected chi connectivity index (χ0v) is 10.1. The fourth-order valence-electron chi connectivity index (χ4n) is 1.98. The van der Waals surface area contributed by atoms with Crippen LogP contribution in [-0.4, -0.2) is 53.2 Å². The third-order valence-electron chi connectivity index (χ3n) is 3.13. The Morgan fingerprint density at radius 3 is 2.78 bits per heavy atom. The van der Waals surface area contributed by atoms with E-state index in [9.17, 15) is 9.59 Å². The van der Waals surface area contributed by atoms with Gasteiger partial charge in [0.05, 0.1) is 24.9 Å². The van der Waals surface area contributed by atoms with Crippen LogP contribution in [0.25, 0.3) is 0 Å². The number of carboxylic acids is 1. The summed E-state index contributed by atoms with van der Waals surface area (Å²) in [7, 11) is 1.54. The lowest BCUT2D eigenvalue weighted by Gasteiger charge is -2.25. The molecule has 1 saturated heterocycles. The highest BCUT2D eigenvalue weighted by atomic mass is 16.5. The van der Waals surface area contributed by atoms with Crippen molar-refractivity contribution in [1.82, 2.24) is 9.88 Å². The molecule has 2 atom stereocenters. The molecule has 0 aromatic carbocycles. The molecule has 0 radical (unpaired) electrons. The smallest absolute Gasteiger partial charge is 0.311 e. The van der Waals surface area contributed by atoms with E-state index in [1.807, 2.05) is 0 Å². The Bertz CT molecular complexity index is 470. The molecule has 7 heteroatoms. The molecule has 1 aliphatic heterocycles. The van der Waals surface area contributed by atoms with Crippen LogP contribution >= 0.6 is 0 Å². The van der Waals surface area contributed by atoms with Gasteiger partial charge in [0.1, 0.15) is 5.92 Å². The molecular formula is C11H14N2O5. The van der Waals surface area contributed by atoms with E-state index >= 15 is 0 Å². The largest absolute Gasteiger partial charge is 0.481 e. The number of ether oxygens (including phenoxy) is 1. The normalized spacial score (nSPS) is 23.0. The predicted molar refractivity (Wildman–Crippen MR) is 59.1 cm³/mol. The van der Waals surface area contributed by atoms with E-state index in [0.717, 1.165) is 0 Å². The first-order chi connectivity index (χ1) is 8.52. The lowest BCUT2D eigenvalue weighted by molar-refractivity contribution is -0.142. The summed E-state index contributed by atoms with van der Waals surface area (Å²) >= 11 is 0. The van der Waals surface area contributed by atoms with E-state index in [-0.39, 0.29) is 24.9 Å². The highest BCUT2D eigenvalue weighted by Gasteiger charge is 2.39. The molecule has 0 aliphatic carbocycles. The van der Waals surface area contributed by atoms with Gasteiger partial charge >= 0.3 is 5.97 Å². The number of carboxylic acid groups (broad SMARTS) is 1. The molecule has 1 aromatic heterocycles. The number of nitrogens with zero attached hydrogens (tertiary/aromatic N) is 2. The average Bonchev–Trinajstić information content (AvgIpc) is 2.95. The van der Waals surface area contributed by atoms with Gasteiger partial charge in [-0.25, -0.2) is 4.98 Å². The number of amides is 1. The van der Waals surface area contributed by atoms with E-state index in [0.29, 0.717) is 5.69 Å². The fraction of sp³-hybridized carbons (Fsp3) is 0.545. The van der Waals surface area contributed by atoms with Crippen molar-refractivity contribution in [3.8, 4) is 0 Å². The summed E-state index contributed by atoms with van der Waals surface area (Å²) < 4.78 is 10.1. The van der Waals surface area contributed by atoms with Crippen molar-refractivity contribution in [1.29, 1.82) is 0 Å². The van der Waals surface area contributed by atoms with Gasteiger partial charge in [-0.05, 0) is 6.92 Å². The maximum absolute atomic E-state index is 12.1. The molecule has 1 N–H and O–H groups in total. The highest BCUT2D eigenvalue weighted by Crippen LogP contribution is 2.21. The van der Waals surface area contributed by atoms with Gasteiger partial charge in [0.25, 0.3) is 5.91 Å². The Hall–Kier alpha value is -1.89. The van der Waals surface area contributed by atoms with Crippen molar-refractivity contribution in [2.75, 3.05) is 20.3 Å². The third-order valence-corrected chi connectivity index (χ3v) is 3.13. The number of hydrogen-bond acceptors (Lipinski definition) is 5. The van der Waals surface area contributed by atoms with Crippen molar-refractivity contribution in [2.45, 2.75) is 13.0 Å². The minimum Gasteiger partial charge on any atom is -0.481 e. The Kier molecular flexibility index (Phi) is 3.33. The van der Waals surface area contributed by atoms with Gasteiger partial charge in [-0.15, -0.1) is 0 Å². The third kappa shape index (κ3) is 2.08. The van der Waals surface area contributed by atoms with Gasteiger partial charge in [0, 0.05) is 7.05 Å². The summed E-state index contributed by atoms with van der Waals surface area (Å²) in [6.07, 6.45) is 1.19. The molecule has 2 unspecified atom stereocenters. The van der Waals surface area contributed by atoms with Crippen LogP contribution in [0.5, 0.6) is 0 Å². The van der Waals surface area contributed by atoms with E-state index in [1.165, 1.54) is 11.3 Å². The molecule has 1 amide bonds. The van der Waals surface area contributed by atoms with Gasteiger partial charge < -0.3 is 19.2 Å². The van der Waals surface area contributed by atoms with Crippen molar-refractivity contribution >= 4 is 11.9 Å². The van der Waals surface area contributed by atoms with E-state index in [2.05, 4.69) is 4.98 Å². The van der Waals surface area contributed by atoms with Gasteiger partial charge in [-0.3, -0.25) is 9.59 Å². The second-order valence-corrected chi connectivity index (χ2v) is 4.23. The van der Waals surface area contributed by atoms with Crippen LogP contribution in [0.3, 0.4) is 0 Å². The first kappa shape index (κ1) is 12.6. The van der Waals surface area contributed by atoms with Crippen LogP contribution in [0, 0.1) is 12.8 Å². The SMILES string of the molecule is Cc1ncoc1C(=O)N(C)C1COCC1C(=O)O. The fourth-order valence-corrected chi connectivity index (χ4v) is 1.98. The Morgan fingerprint density at radius 1 is 1.50 bits per heavy atom. The lowest BCUT2D eigenvalue weighted by atomic mass is 10.0. The molecule has 18 heavy (non-hydrogen) atoms. The van der Waals surface area contributed by atoms with E-state index in [1.54, 1.807) is 14.0 Å². The number of rotatable bonds is 3. The molecule has 98 valence electrons. The molecule has 2 rings (SSSR count). The summed E-state index contributed by atoms with van der Waals surface area (Å²) in [4.78, 5) is 28.3. The predicted octanol–water partition coefficient (Wildman–Crippen LogP) is 0.155. The summed E-state index contributed by atoms with van der Waals surface area (Å²) in [5.74, 6) is -1.92. The summed E-state index contributed by atoms with van der Waals surface area (Å²) in [6.45, 7) is 1.99. The zero-order chi connectivity index (χ0) is 13.3. The van der Waals surface area contributed by atoms with Gasteiger partial charge in [0.15, 0.2) is 6.39 Å². The van der Waals surface area contributed by atoms with Crippen LogP contribution in [0.1, 0.15) is 16.2 Å². The summed E-state index contributed by atoms with van der Waals surface area (Å²) in [6, 6.07) is -0.487. The second-order valence-electron chi connectivity index (χ2n) is 4.23. The van der Waals surface area contributed by atoms with Crippen molar-refractivity contribution < 1.29 is 23.8 Å². The molecule has 0 spiro atoms.